The first-order valence-corrected chi connectivity index (χ1v) is 12.1. The quantitative estimate of drug-likeness (QED) is 0.239. The van der Waals surface area contributed by atoms with Crippen LogP contribution in [-0.2, 0) is 18.1 Å². The van der Waals surface area contributed by atoms with Crippen LogP contribution in [0.1, 0.15) is 97.8 Å². The van der Waals surface area contributed by atoms with Crippen molar-refractivity contribution in [1.82, 2.24) is 0 Å². The Labute approximate surface area is 156 Å². The van der Waals surface area contributed by atoms with E-state index in [9.17, 15) is 4.57 Å². The molecule has 0 aromatic heterocycles. The molecule has 5 heteroatoms. The first-order valence-electron chi connectivity index (χ1n) is 10.6. The van der Waals surface area contributed by atoms with Gasteiger partial charge in [-0.3, -0.25) is 13.6 Å². The third-order valence-corrected chi connectivity index (χ3v) is 6.46. The van der Waals surface area contributed by atoms with E-state index in [2.05, 4.69) is 20.8 Å². The van der Waals surface area contributed by atoms with Gasteiger partial charge in [-0.05, 0) is 31.1 Å². The van der Waals surface area contributed by atoms with E-state index in [0.29, 0.717) is 31.7 Å². The fourth-order valence-corrected chi connectivity index (χ4v) is 4.57. The zero-order chi connectivity index (χ0) is 18.4. The van der Waals surface area contributed by atoms with E-state index in [1.165, 1.54) is 57.8 Å². The molecule has 0 radical (unpaired) electrons. The molecule has 1 fully saturated rings. The van der Waals surface area contributed by atoms with E-state index >= 15 is 0 Å². The maximum Gasteiger partial charge on any atom is 0.474 e. The minimum absolute atomic E-state index is 0.378. The Hall–Kier alpha value is 0.110. The summed E-state index contributed by atoms with van der Waals surface area (Å²) in [4.78, 5) is 0. The van der Waals surface area contributed by atoms with E-state index in [1.807, 2.05) is 0 Å². The van der Waals surface area contributed by atoms with Gasteiger partial charge in [0.1, 0.15) is 0 Å². The Morgan fingerprint density at radius 3 is 2.20 bits per heavy atom. The lowest BCUT2D eigenvalue weighted by Crippen LogP contribution is -2.11. The van der Waals surface area contributed by atoms with Crippen molar-refractivity contribution < 1.29 is 18.1 Å². The summed E-state index contributed by atoms with van der Waals surface area (Å²) >= 11 is 0. The van der Waals surface area contributed by atoms with Gasteiger partial charge in [-0.25, -0.2) is 4.57 Å². The number of rotatable bonds is 14. The monoisotopic (exact) mass is 376 g/mol. The lowest BCUT2D eigenvalue weighted by Gasteiger charge is -2.21. The molecular weight excluding hydrogens is 335 g/mol. The standard InChI is InChI=1S/C20H41O4P/c1-4-6-8-10-12-14-20(13-11-9-7-5-2)18-24-25(21)22-16-15-19(3)17-23-25/h19-20H,4-18H2,1-3H3. The van der Waals surface area contributed by atoms with Gasteiger partial charge in [-0.2, -0.15) is 0 Å². The smallest absolute Gasteiger partial charge is 0.287 e. The normalized spacial score (nSPS) is 25.6. The van der Waals surface area contributed by atoms with Gasteiger partial charge in [-0.15, -0.1) is 0 Å². The van der Waals surface area contributed by atoms with Crippen LogP contribution in [0.4, 0.5) is 0 Å². The van der Waals surface area contributed by atoms with Crippen molar-refractivity contribution in [3.63, 3.8) is 0 Å². The molecule has 1 heterocycles. The Balaban J connectivity index is 2.37. The van der Waals surface area contributed by atoms with Gasteiger partial charge in [0.25, 0.3) is 0 Å². The van der Waals surface area contributed by atoms with Crippen LogP contribution in [0.15, 0.2) is 0 Å². The predicted molar refractivity (Wildman–Crippen MR) is 105 cm³/mol. The van der Waals surface area contributed by atoms with Gasteiger partial charge in [-0.1, -0.05) is 78.6 Å². The Bertz CT molecular complexity index is 362. The number of hydrogen-bond donors (Lipinski definition) is 0. The second-order valence-corrected chi connectivity index (χ2v) is 9.35. The molecule has 0 aromatic carbocycles. The van der Waals surface area contributed by atoms with E-state index in [-0.39, 0.29) is 0 Å². The zero-order valence-electron chi connectivity index (χ0n) is 16.8. The average molecular weight is 377 g/mol. The topological polar surface area (TPSA) is 44.8 Å². The molecule has 0 amide bonds. The summed E-state index contributed by atoms with van der Waals surface area (Å²) in [6.45, 7) is 8.01. The van der Waals surface area contributed by atoms with Crippen molar-refractivity contribution in [2.24, 2.45) is 11.8 Å². The van der Waals surface area contributed by atoms with Crippen molar-refractivity contribution >= 4 is 7.82 Å². The number of hydrogen-bond acceptors (Lipinski definition) is 4. The van der Waals surface area contributed by atoms with Gasteiger partial charge < -0.3 is 0 Å². The molecule has 3 atom stereocenters. The van der Waals surface area contributed by atoms with E-state index < -0.39 is 7.82 Å². The molecule has 0 N–H and O–H groups in total. The minimum atomic E-state index is -3.34. The fraction of sp³-hybridized carbons (Fsp3) is 1.00. The number of phosphoric ester groups is 1. The van der Waals surface area contributed by atoms with Crippen LogP contribution in [0.3, 0.4) is 0 Å². The molecule has 0 aromatic rings. The molecule has 1 saturated heterocycles. The lowest BCUT2D eigenvalue weighted by molar-refractivity contribution is 0.108. The number of unbranched alkanes of at least 4 members (excludes halogenated alkanes) is 7. The molecule has 1 rings (SSSR count). The van der Waals surface area contributed by atoms with Gasteiger partial charge >= 0.3 is 7.82 Å². The first-order chi connectivity index (χ1) is 12.1. The first kappa shape index (κ1) is 23.1. The van der Waals surface area contributed by atoms with Crippen LogP contribution >= 0.6 is 7.82 Å². The summed E-state index contributed by atoms with van der Waals surface area (Å²) in [7, 11) is -3.34. The third-order valence-electron chi connectivity index (χ3n) is 5.03. The van der Waals surface area contributed by atoms with Crippen LogP contribution in [-0.4, -0.2) is 19.8 Å². The lowest BCUT2D eigenvalue weighted by atomic mass is 9.95. The molecule has 1 aliphatic rings. The summed E-state index contributed by atoms with van der Waals surface area (Å²) in [5.74, 6) is 0.847. The van der Waals surface area contributed by atoms with Gasteiger partial charge in [0.05, 0.1) is 19.8 Å². The average Bonchev–Trinajstić information content (AvgIpc) is 2.77. The molecule has 25 heavy (non-hydrogen) atoms. The molecule has 150 valence electrons. The Kier molecular flexibility index (Phi) is 13.2. The van der Waals surface area contributed by atoms with Crippen LogP contribution < -0.4 is 0 Å². The van der Waals surface area contributed by atoms with E-state index in [0.717, 1.165) is 19.3 Å². The Morgan fingerprint density at radius 2 is 1.56 bits per heavy atom. The molecule has 0 aliphatic carbocycles. The molecule has 4 nitrogen and oxygen atoms in total. The van der Waals surface area contributed by atoms with Gasteiger partial charge in [0.15, 0.2) is 0 Å². The highest BCUT2D eigenvalue weighted by Crippen LogP contribution is 2.52. The zero-order valence-corrected chi connectivity index (χ0v) is 17.7. The third kappa shape index (κ3) is 11.4. The molecule has 0 spiro atoms. The van der Waals surface area contributed by atoms with Crippen molar-refractivity contribution in [2.75, 3.05) is 19.8 Å². The summed E-state index contributed by atoms with van der Waals surface area (Å²) in [6.07, 6.45) is 14.7. The summed E-state index contributed by atoms with van der Waals surface area (Å²) in [6, 6.07) is 0. The van der Waals surface area contributed by atoms with Crippen molar-refractivity contribution in [1.29, 1.82) is 0 Å². The minimum Gasteiger partial charge on any atom is -0.287 e. The second kappa shape index (κ2) is 14.2. The van der Waals surface area contributed by atoms with E-state index in [4.69, 9.17) is 13.6 Å². The Morgan fingerprint density at radius 1 is 0.960 bits per heavy atom. The highest BCUT2D eigenvalue weighted by atomic mass is 31.2. The maximum atomic E-state index is 12.6. The van der Waals surface area contributed by atoms with Gasteiger partial charge in [0.2, 0.25) is 0 Å². The fourth-order valence-electron chi connectivity index (χ4n) is 3.18. The van der Waals surface area contributed by atoms with Crippen LogP contribution in [0.5, 0.6) is 0 Å². The van der Waals surface area contributed by atoms with Crippen LogP contribution in [0, 0.1) is 11.8 Å². The molecule has 3 unspecified atom stereocenters. The predicted octanol–water partition coefficient (Wildman–Crippen LogP) is 7.13. The molecule has 1 aliphatic heterocycles. The van der Waals surface area contributed by atoms with Gasteiger partial charge in [0, 0.05) is 0 Å². The van der Waals surface area contributed by atoms with Crippen LogP contribution in [0.25, 0.3) is 0 Å². The molecular formula is C20H41O4P. The number of phosphoric acid groups is 1. The summed E-state index contributed by atoms with van der Waals surface area (Å²) in [5, 5.41) is 0. The summed E-state index contributed by atoms with van der Waals surface area (Å²) < 4.78 is 29.2. The summed E-state index contributed by atoms with van der Waals surface area (Å²) in [5.41, 5.74) is 0. The van der Waals surface area contributed by atoms with Crippen LogP contribution in [0.2, 0.25) is 0 Å². The highest BCUT2D eigenvalue weighted by molar-refractivity contribution is 7.48. The molecule has 0 saturated carbocycles. The van der Waals surface area contributed by atoms with Crippen molar-refractivity contribution in [3.8, 4) is 0 Å². The maximum absolute atomic E-state index is 12.6. The van der Waals surface area contributed by atoms with E-state index in [1.54, 1.807) is 0 Å². The molecule has 0 bridgehead atoms. The van der Waals surface area contributed by atoms with Crippen molar-refractivity contribution in [2.45, 2.75) is 97.8 Å². The highest BCUT2D eigenvalue weighted by Gasteiger charge is 2.31. The largest absolute Gasteiger partial charge is 0.474 e. The SMILES string of the molecule is CCCCCCCC(CCCCCC)COP1(=O)OCCC(C)CO1. The second-order valence-electron chi connectivity index (χ2n) is 7.68. The van der Waals surface area contributed by atoms with Crippen molar-refractivity contribution in [3.05, 3.63) is 0 Å².